The summed E-state index contributed by atoms with van der Waals surface area (Å²) in [5.74, 6) is -0.227. The second kappa shape index (κ2) is 9.32. The standard InChI is InChI=1S/C27H27N3O2S/c1-18-11-12-23-20(13-18)14-21-15-24(33-26(21)29-23)27(32)30(16-19-7-3-2-4-8-19)17-25(31)28-22-9-5-6-10-22/h2-4,7-8,11-15,22H,5-6,9-10,16-17H2,1H3,(H,28,31). The van der Waals surface area contributed by atoms with Gasteiger partial charge in [-0.25, -0.2) is 4.98 Å². The molecule has 2 aromatic carbocycles. The summed E-state index contributed by atoms with van der Waals surface area (Å²) >= 11 is 1.39. The zero-order valence-electron chi connectivity index (χ0n) is 18.7. The van der Waals surface area contributed by atoms with E-state index in [4.69, 9.17) is 4.98 Å². The van der Waals surface area contributed by atoms with E-state index in [0.717, 1.165) is 52.4 Å². The van der Waals surface area contributed by atoms with Crippen LogP contribution in [-0.2, 0) is 11.3 Å². The smallest absolute Gasteiger partial charge is 0.264 e. The molecule has 0 spiro atoms. The Balaban J connectivity index is 1.42. The normalized spacial score (nSPS) is 14.1. The summed E-state index contributed by atoms with van der Waals surface area (Å²) in [4.78, 5) is 34.2. The van der Waals surface area contributed by atoms with Crippen molar-refractivity contribution in [3.63, 3.8) is 0 Å². The lowest BCUT2D eigenvalue weighted by atomic mass is 10.1. The number of aryl methyl sites for hydroxylation is 1. The summed E-state index contributed by atoms with van der Waals surface area (Å²) in [5.41, 5.74) is 3.10. The Bertz CT molecular complexity index is 1310. The van der Waals surface area contributed by atoms with Gasteiger partial charge in [0.05, 0.1) is 10.4 Å². The van der Waals surface area contributed by atoms with Gasteiger partial charge in [0.2, 0.25) is 5.91 Å². The van der Waals surface area contributed by atoms with Crippen molar-refractivity contribution >= 4 is 44.3 Å². The van der Waals surface area contributed by atoms with Crippen molar-refractivity contribution in [2.45, 2.75) is 45.2 Å². The number of benzene rings is 2. The molecule has 5 rings (SSSR count). The molecular weight excluding hydrogens is 430 g/mol. The number of nitrogens with zero attached hydrogens (tertiary/aromatic N) is 2. The van der Waals surface area contributed by atoms with E-state index < -0.39 is 0 Å². The van der Waals surface area contributed by atoms with Crippen molar-refractivity contribution in [1.82, 2.24) is 15.2 Å². The maximum absolute atomic E-state index is 13.6. The van der Waals surface area contributed by atoms with Gasteiger partial charge in [0.25, 0.3) is 5.91 Å². The van der Waals surface area contributed by atoms with E-state index in [2.05, 4.69) is 24.4 Å². The second-order valence-corrected chi connectivity index (χ2v) is 9.92. The number of hydrogen-bond donors (Lipinski definition) is 1. The summed E-state index contributed by atoms with van der Waals surface area (Å²) in [6.45, 7) is 2.50. The van der Waals surface area contributed by atoms with Crippen LogP contribution in [0.5, 0.6) is 0 Å². The highest BCUT2D eigenvalue weighted by molar-refractivity contribution is 7.20. The zero-order valence-corrected chi connectivity index (χ0v) is 19.5. The van der Waals surface area contributed by atoms with Gasteiger partial charge in [-0.15, -0.1) is 11.3 Å². The SMILES string of the molecule is Cc1ccc2nc3sc(C(=O)N(CC(=O)NC4CCCC4)Cc4ccccc4)cc3cc2c1. The Morgan fingerprint density at radius 3 is 2.61 bits per heavy atom. The van der Waals surface area contributed by atoms with Crippen molar-refractivity contribution in [2.24, 2.45) is 0 Å². The van der Waals surface area contributed by atoms with Gasteiger partial charge in [-0.2, -0.15) is 0 Å². The topological polar surface area (TPSA) is 62.3 Å². The minimum Gasteiger partial charge on any atom is -0.352 e. The van der Waals surface area contributed by atoms with Gasteiger partial charge in [-0.1, -0.05) is 54.8 Å². The molecule has 168 valence electrons. The summed E-state index contributed by atoms with van der Waals surface area (Å²) < 4.78 is 0. The molecule has 1 aliphatic carbocycles. The van der Waals surface area contributed by atoms with E-state index in [0.29, 0.717) is 11.4 Å². The fraction of sp³-hybridized carbons (Fsp3) is 0.296. The molecule has 2 heterocycles. The molecule has 0 bridgehead atoms. The molecule has 0 radical (unpaired) electrons. The fourth-order valence-electron chi connectivity index (χ4n) is 4.54. The highest BCUT2D eigenvalue weighted by Crippen LogP contribution is 2.29. The van der Waals surface area contributed by atoms with Gasteiger partial charge in [-0.05, 0) is 49.6 Å². The lowest BCUT2D eigenvalue weighted by Gasteiger charge is -2.23. The van der Waals surface area contributed by atoms with Crippen LogP contribution in [0.1, 0.15) is 46.5 Å². The average Bonchev–Trinajstić information content (AvgIpc) is 3.46. The van der Waals surface area contributed by atoms with Crippen LogP contribution in [0.3, 0.4) is 0 Å². The number of fused-ring (bicyclic) bond motifs is 2. The molecule has 33 heavy (non-hydrogen) atoms. The third-order valence-electron chi connectivity index (χ3n) is 6.23. The van der Waals surface area contributed by atoms with Crippen molar-refractivity contribution in [3.8, 4) is 0 Å². The monoisotopic (exact) mass is 457 g/mol. The highest BCUT2D eigenvalue weighted by Gasteiger charge is 2.24. The Kier molecular flexibility index (Phi) is 6.09. The number of carbonyl (C=O) groups is 2. The van der Waals surface area contributed by atoms with Gasteiger partial charge in [0.1, 0.15) is 11.4 Å². The highest BCUT2D eigenvalue weighted by atomic mass is 32.1. The van der Waals surface area contributed by atoms with E-state index >= 15 is 0 Å². The Labute approximate surface area is 197 Å². The number of aromatic nitrogens is 1. The fourth-order valence-corrected chi connectivity index (χ4v) is 5.53. The first-order chi connectivity index (χ1) is 16.0. The molecule has 1 N–H and O–H groups in total. The predicted molar refractivity (Wildman–Crippen MR) is 133 cm³/mol. The molecule has 1 saturated carbocycles. The number of thiophene rings is 1. The van der Waals surface area contributed by atoms with Crippen LogP contribution in [-0.4, -0.2) is 34.3 Å². The minimum absolute atomic E-state index is 0.0487. The van der Waals surface area contributed by atoms with Crippen LogP contribution in [0.15, 0.2) is 60.7 Å². The number of rotatable bonds is 6. The van der Waals surface area contributed by atoms with Crippen molar-refractivity contribution in [1.29, 1.82) is 0 Å². The largest absolute Gasteiger partial charge is 0.352 e. The van der Waals surface area contributed by atoms with Gasteiger partial charge in [-0.3, -0.25) is 9.59 Å². The molecule has 2 amide bonds. The zero-order chi connectivity index (χ0) is 22.8. The molecule has 5 nitrogen and oxygen atoms in total. The summed E-state index contributed by atoms with van der Waals surface area (Å²) in [7, 11) is 0. The molecule has 0 saturated heterocycles. The third-order valence-corrected chi connectivity index (χ3v) is 7.26. The second-order valence-electron chi connectivity index (χ2n) is 8.89. The first-order valence-electron chi connectivity index (χ1n) is 11.5. The molecular formula is C27H27N3O2S. The van der Waals surface area contributed by atoms with E-state index in [1.807, 2.05) is 48.5 Å². The first-order valence-corrected chi connectivity index (χ1v) is 12.3. The maximum Gasteiger partial charge on any atom is 0.264 e. The van der Waals surface area contributed by atoms with Gasteiger partial charge in [0, 0.05) is 23.4 Å². The Hall–Kier alpha value is -3.25. The summed E-state index contributed by atoms with van der Waals surface area (Å²) in [6, 6.07) is 20.2. The van der Waals surface area contributed by atoms with Gasteiger partial charge >= 0.3 is 0 Å². The Morgan fingerprint density at radius 2 is 1.82 bits per heavy atom. The molecule has 1 fully saturated rings. The molecule has 1 aliphatic rings. The van der Waals surface area contributed by atoms with E-state index in [1.165, 1.54) is 16.9 Å². The van der Waals surface area contributed by atoms with Crippen LogP contribution >= 0.6 is 11.3 Å². The number of nitrogens with one attached hydrogen (secondary N) is 1. The Morgan fingerprint density at radius 1 is 1.03 bits per heavy atom. The van der Waals surface area contributed by atoms with E-state index in [1.54, 1.807) is 4.90 Å². The van der Waals surface area contributed by atoms with Crippen molar-refractivity contribution < 1.29 is 9.59 Å². The number of hydrogen-bond acceptors (Lipinski definition) is 4. The minimum atomic E-state index is -0.135. The summed E-state index contributed by atoms with van der Waals surface area (Å²) in [6.07, 6.45) is 4.35. The molecule has 0 unspecified atom stereocenters. The average molecular weight is 458 g/mol. The lowest BCUT2D eigenvalue weighted by molar-refractivity contribution is -0.122. The first kappa shape index (κ1) is 21.6. The molecule has 4 aromatic rings. The molecule has 0 atom stereocenters. The van der Waals surface area contributed by atoms with Crippen LogP contribution < -0.4 is 5.32 Å². The van der Waals surface area contributed by atoms with Crippen molar-refractivity contribution in [2.75, 3.05) is 6.54 Å². The summed E-state index contributed by atoms with van der Waals surface area (Å²) in [5, 5.41) is 5.13. The molecule has 0 aliphatic heterocycles. The van der Waals surface area contributed by atoms with Crippen LogP contribution in [0.2, 0.25) is 0 Å². The van der Waals surface area contributed by atoms with Crippen LogP contribution in [0.25, 0.3) is 21.1 Å². The number of carbonyl (C=O) groups excluding carboxylic acids is 2. The van der Waals surface area contributed by atoms with Crippen LogP contribution in [0.4, 0.5) is 0 Å². The third kappa shape index (κ3) is 4.91. The van der Waals surface area contributed by atoms with Gasteiger partial charge < -0.3 is 10.2 Å². The lowest BCUT2D eigenvalue weighted by Crippen LogP contribution is -2.43. The van der Waals surface area contributed by atoms with Crippen LogP contribution in [0, 0.1) is 6.92 Å². The number of amides is 2. The molecule has 2 aromatic heterocycles. The maximum atomic E-state index is 13.6. The van der Waals surface area contributed by atoms with E-state index in [9.17, 15) is 9.59 Å². The molecule has 6 heteroatoms. The van der Waals surface area contributed by atoms with Gasteiger partial charge in [0.15, 0.2) is 0 Å². The van der Waals surface area contributed by atoms with Crippen molar-refractivity contribution in [3.05, 3.63) is 76.7 Å². The quantitative estimate of drug-likeness (QED) is 0.418. The predicted octanol–water partition coefficient (Wildman–Crippen LogP) is 5.46. The van der Waals surface area contributed by atoms with E-state index in [-0.39, 0.29) is 24.4 Å². The number of pyridine rings is 1.